The Kier molecular flexibility index (Phi) is 8.02. The van der Waals surface area contributed by atoms with Crippen LogP contribution in [0, 0.1) is 0 Å². The van der Waals surface area contributed by atoms with E-state index in [4.69, 9.17) is 18.6 Å². The minimum Gasteiger partial charge on any atom is -0.482 e. The van der Waals surface area contributed by atoms with E-state index in [9.17, 15) is 14.4 Å². The lowest BCUT2D eigenvalue weighted by atomic mass is 10.0. The molecular weight excluding hydrogens is 464 g/mol. The molecule has 0 radical (unpaired) electrons. The van der Waals surface area contributed by atoms with Crippen LogP contribution in [0.25, 0.3) is 0 Å². The van der Waals surface area contributed by atoms with E-state index < -0.39 is 24.0 Å². The molecule has 1 atom stereocenters. The van der Waals surface area contributed by atoms with Gasteiger partial charge < -0.3 is 29.3 Å². The largest absolute Gasteiger partial charge is 0.482 e. The number of carbonyl (C=O) groups excluding carboxylic acids is 3. The first-order chi connectivity index (χ1) is 17.5. The van der Waals surface area contributed by atoms with Crippen molar-refractivity contribution in [3.8, 4) is 5.75 Å². The van der Waals surface area contributed by atoms with E-state index in [0.29, 0.717) is 17.9 Å². The van der Waals surface area contributed by atoms with Gasteiger partial charge in [-0.15, -0.1) is 0 Å². The monoisotopic (exact) mass is 490 g/mol. The summed E-state index contributed by atoms with van der Waals surface area (Å²) in [5.74, 6) is -0.418. The second kappa shape index (κ2) is 11.7. The Morgan fingerprint density at radius 2 is 1.75 bits per heavy atom. The Bertz CT molecular complexity index is 1240. The number of furan rings is 1. The highest BCUT2D eigenvalue weighted by Crippen LogP contribution is 2.28. The summed E-state index contributed by atoms with van der Waals surface area (Å²) in [4.78, 5) is 37.4. The Morgan fingerprint density at radius 3 is 2.50 bits per heavy atom. The fourth-order valence-electron chi connectivity index (χ4n) is 3.79. The Labute approximate surface area is 208 Å². The van der Waals surface area contributed by atoms with Crippen molar-refractivity contribution >= 4 is 18.0 Å². The van der Waals surface area contributed by atoms with Crippen molar-refractivity contribution < 1.29 is 33.0 Å². The SMILES string of the molecule is CCOC(=O)C1=C(COC(=O)COc2ccccc2Cc2ccccc2)NC(=O)NC1c1ccco1. The Hall–Kier alpha value is -4.53. The van der Waals surface area contributed by atoms with E-state index >= 15 is 0 Å². The van der Waals surface area contributed by atoms with Crippen LogP contribution in [0.1, 0.15) is 29.9 Å². The maximum Gasteiger partial charge on any atom is 0.344 e. The predicted molar refractivity (Wildman–Crippen MR) is 129 cm³/mol. The van der Waals surface area contributed by atoms with E-state index in [2.05, 4.69) is 10.6 Å². The van der Waals surface area contributed by atoms with Crippen LogP contribution in [-0.2, 0) is 25.5 Å². The highest BCUT2D eigenvalue weighted by molar-refractivity contribution is 5.95. The van der Waals surface area contributed by atoms with Gasteiger partial charge in [-0.1, -0.05) is 48.5 Å². The van der Waals surface area contributed by atoms with Crippen LogP contribution >= 0.6 is 0 Å². The van der Waals surface area contributed by atoms with Crippen LogP contribution < -0.4 is 15.4 Å². The van der Waals surface area contributed by atoms with Crippen LogP contribution in [0.2, 0.25) is 0 Å². The number of nitrogens with one attached hydrogen (secondary N) is 2. The normalized spacial score (nSPS) is 15.0. The summed E-state index contributed by atoms with van der Waals surface area (Å²) >= 11 is 0. The summed E-state index contributed by atoms with van der Waals surface area (Å²) in [7, 11) is 0. The van der Waals surface area contributed by atoms with Crippen molar-refractivity contribution in [1.82, 2.24) is 10.6 Å². The highest BCUT2D eigenvalue weighted by atomic mass is 16.6. The number of benzene rings is 2. The van der Waals surface area contributed by atoms with E-state index in [1.54, 1.807) is 25.1 Å². The highest BCUT2D eigenvalue weighted by Gasteiger charge is 2.35. The molecule has 3 aromatic rings. The molecule has 0 fully saturated rings. The lowest BCUT2D eigenvalue weighted by molar-refractivity contribution is -0.145. The van der Waals surface area contributed by atoms with Gasteiger partial charge in [0.25, 0.3) is 0 Å². The van der Waals surface area contributed by atoms with Crippen molar-refractivity contribution in [3.05, 3.63) is 101 Å². The third-order valence-corrected chi connectivity index (χ3v) is 5.41. The van der Waals surface area contributed by atoms with Crippen LogP contribution in [-0.4, -0.2) is 37.8 Å². The molecule has 0 saturated heterocycles. The smallest absolute Gasteiger partial charge is 0.344 e. The van der Waals surface area contributed by atoms with Gasteiger partial charge >= 0.3 is 18.0 Å². The summed E-state index contributed by atoms with van der Waals surface area (Å²) in [6.07, 6.45) is 2.08. The Morgan fingerprint density at radius 1 is 0.972 bits per heavy atom. The summed E-state index contributed by atoms with van der Waals surface area (Å²) in [6.45, 7) is 1.10. The van der Waals surface area contributed by atoms with E-state index in [1.165, 1.54) is 6.26 Å². The van der Waals surface area contributed by atoms with Crippen molar-refractivity contribution in [1.29, 1.82) is 0 Å². The second-order valence-electron chi connectivity index (χ2n) is 7.88. The molecule has 186 valence electrons. The number of para-hydroxylation sites is 1. The molecule has 0 bridgehead atoms. The number of hydrogen-bond donors (Lipinski definition) is 2. The fourth-order valence-corrected chi connectivity index (χ4v) is 3.79. The van der Waals surface area contributed by atoms with Gasteiger partial charge in [0.15, 0.2) is 6.61 Å². The molecule has 1 aliphatic heterocycles. The average Bonchev–Trinajstić information content (AvgIpc) is 3.42. The molecule has 0 saturated carbocycles. The number of urea groups is 1. The molecule has 0 spiro atoms. The quantitative estimate of drug-likeness (QED) is 0.417. The van der Waals surface area contributed by atoms with Crippen LogP contribution in [0.15, 0.2) is 88.7 Å². The molecule has 9 heteroatoms. The molecule has 4 rings (SSSR count). The molecule has 2 N–H and O–H groups in total. The zero-order valence-corrected chi connectivity index (χ0v) is 19.7. The standard InChI is InChI=1S/C27H26N2O7/c1-2-33-26(31)24-20(28-27(32)29-25(24)22-13-8-14-34-22)16-36-23(30)17-35-21-12-7-6-11-19(21)15-18-9-4-3-5-10-18/h3-14,25H,2,15-17H2,1H3,(H2,28,29,32). The summed E-state index contributed by atoms with van der Waals surface area (Å²) in [5, 5.41) is 5.16. The molecule has 2 aromatic carbocycles. The van der Waals surface area contributed by atoms with Crippen molar-refractivity contribution in [2.75, 3.05) is 19.8 Å². The third-order valence-electron chi connectivity index (χ3n) is 5.41. The molecule has 36 heavy (non-hydrogen) atoms. The first-order valence-electron chi connectivity index (χ1n) is 11.5. The Balaban J connectivity index is 1.43. The van der Waals surface area contributed by atoms with Crippen LogP contribution in [0.4, 0.5) is 4.79 Å². The number of hydrogen-bond acceptors (Lipinski definition) is 7. The number of rotatable bonds is 10. The predicted octanol–water partition coefficient (Wildman–Crippen LogP) is 3.66. The molecular formula is C27H26N2O7. The van der Waals surface area contributed by atoms with Gasteiger partial charge in [-0.2, -0.15) is 0 Å². The first-order valence-corrected chi connectivity index (χ1v) is 11.5. The summed E-state index contributed by atoms with van der Waals surface area (Å²) in [5.41, 5.74) is 2.24. The van der Waals surface area contributed by atoms with Gasteiger partial charge in [-0.3, -0.25) is 0 Å². The van der Waals surface area contributed by atoms with Crippen molar-refractivity contribution in [2.45, 2.75) is 19.4 Å². The maximum atomic E-state index is 12.7. The van der Waals surface area contributed by atoms with Gasteiger partial charge in [0.05, 0.1) is 24.1 Å². The minimum absolute atomic E-state index is 0.0910. The second-order valence-corrected chi connectivity index (χ2v) is 7.88. The number of ether oxygens (including phenoxy) is 3. The minimum atomic E-state index is -0.886. The topological polar surface area (TPSA) is 116 Å². The molecule has 1 unspecified atom stereocenters. The van der Waals surface area contributed by atoms with Gasteiger partial charge in [-0.05, 0) is 36.2 Å². The summed E-state index contributed by atoms with van der Waals surface area (Å²) in [6, 6.07) is 19.2. The molecule has 2 heterocycles. The van der Waals surface area contributed by atoms with Crippen LogP contribution in [0.5, 0.6) is 5.75 Å². The lowest BCUT2D eigenvalue weighted by Gasteiger charge is -2.27. The number of amides is 2. The first kappa shape index (κ1) is 24.6. The van der Waals surface area contributed by atoms with E-state index in [0.717, 1.165) is 11.1 Å². The fraction of sp³-hybridized carbons (Fsp3) is 0.222. The molecule has 9 nitrogen and oxygen atoms in total. The summed E-state index contributed by atoms with van der Waals surface area (Å²) < 4.78 is 21.6. The van der Waals surface area contributed by atoms with E-state index in [-0.39, 0.29) is 31.1 Å². The third kappa shape index (κ3) is 6.12. The average molecular weight is 491 g/mol. The van der Waals surface area contributed by atoms with Gasteiger partial charge in [-0.25, -0.2) is 14.4 Å². The molecule has 1 aromatic heterocycles. The van der Waals surface area contributed by atoms with Gasteiger partial charge in [0.2, 0.25) is 0 Å². The molecule has 2 amide bonds. The van der Waals surface area contributed by atoms with Gasteiger partial charge in [0.1, 0.15) is 24.2 Å². The maximum absolute atomic E-state index is 12.7. The zero-order chi connectivity index (χ0) is 25.3. The van der Waals surface area contributed by atoms with E-state index in [1.807, 2.05) is 48.5 Å². The molecule has 1 aliphatic rings. The number of carbonyl (C=O) groups is 3. The zero-order valence-electron chi connectivity index (χ0n) is 19.7. The van der Waals surface area contributed by atoms with Crippen molar-refractivity contribution in [2.24, 2.45) is 0 Å². The van der Waals surface area contributed by atoms with Crippen LogP contribution in [0.3, 0.4) is 0 Å². The van der Waals surface area contributed by atoms with Crippen molar-refractivity contribution in [3.63, 3.8) is 0 Å². The lowest BCUT2D eigenvalue weighted by Crippen LogP contribution is -2.47. The van der Waals surface area contributed by atoms with Gasteiger partial charge in [0, 0.05) is 6.42 Å². The number of esters is 2. The molecule has 0 aliphatic carbocycles.